The van der Waals surface area contributed by atoms with Gasteiger partial charge >= 0.3 is 10.1 Å². The van der Waals surface area contributed by atoms with E-state index in [0.29, 0.717) is 24.5 Å². The molecule has 0 saturated carbocycles. The summed E-state index contributed by atoms with van der Waals surface area (Å²) in [6.07, 6.45) is 0.476. The Bertz CT molecular complexity index is 847. The number of hydrogen-bond donors (Lipinski definition) is 1. The number of rotatable bonds is 9. The SMILES string of the molecule is COc1ccc(OC)c(S(=O)(=O)Oc2cc(C)cc(OCCCO)c2)c1. The molecule has 26 heavy (non-hydrogen) atoms. The van der Waals surface area contributed by atoms with Crippen molar-refractivity contribution in [2.45, 2.75) is 18.2 Å². The van der Waals surface area contributed by atoms with Crippen LogP contribution in [-0.2, 0) is 10.1 Å². The fraction of sp³-hybridized carbons (Fsp3) is 0.333. The van der Waals surface area contributed by atoms with Gasteiger partial charge in [-0.25, -0.2) is 0 Å². The van der Waals surface area contributed by atoms with Crippen molar-refractivity contribution in [3.8, 4) is 23.0 Å². The average molecular weight is 382 g/mol. The average Bonchev–Trinajstić information content (AvgIpc) is 2.60. The monoisotopic (exact) mass is 382 g/mol. The summed E-state index contributed by atoms with van der Waals surface area (Å²) in [5.74, 6) is 1.10. The Morgan fingerprint density at radius 2 is 1.69 bits per heavy atom. The van der Waals surface area contributed by atoms with Crippen molar-refractivity contribution in [1.82, 2.24) is 0 Å². The molecule has 0 aromatic heterocycles. The summed E-state index contributed by atoms with van der Waals surface area (Å²) in [6.45, 7) is 2.12. The molecule has 0 unspecified atom stereocenters. The summed E-state index contributed by atoms with van der Waals surface area (Å²) < 4.78 is 46.4. The number of methoxy groups -OCH3 is 2. The Morgan fingerprint density at radius 3 is 2.35 bits per heavy atom. The lowest BCUT2D eigenvalue weighted by atomic mass is 10.2. The lowest BCUT2D eigenvalue weighted by molar-refractivity contribution is 0.233. The molecule has 0 aliphatic heterocycles. The van der Waals surface area contributed by atoms with Crippen molar-refractivity contribution in [3.63, 3.8) is 0 Å². The van der Waals surface area contributed by atoms with Crippen molar-refractivity contribution >= 4 is 10.1 Å². The molecule has 142 valence electrons. The summed E-state index contributed by atoms with van der Waals surface area (Å²) >= 11 is 0. The van der Waals surface area contributed by atoms with Crippen molar-refractivity contribution in [2.75, 3.05) is 27.4 Å². The first kappa shape index (κ1) is 19.9. The standard InChI is InChI=1S/C18H22O7S/c1-13-9-15(24-8-4-7-19)11-16(10-13)25-26(20,21)18-12-14(22-2)5-6-17(18)23-3/h5-6,9-12,19H,4,7-8H2,1-3H3. The van der Waals surface area contributed by atoms with Gasteiger partial charge in [0.05, 0.1) is 20.8 Å². The van der Waals surface area contributed by atoms with Crippen LogP contribution in [0.4, 0.5) is 0 Å². The highest BCUT2D eigenvalue weighted by Gasteiger charge is 2.23. The zero-order valence-corrected chi connectivity index (χ0v) is 15.7. The summed E-state index contributed by atoms with van der Waals surface area (Å²) in [5, 5.41) is 8.82. The molecule has 8 heteroatoms. The fourth-order valence-electron chi connectivity index (χ4n) is 2.25. The van der Waals surface area contributed by atoms with E-state index in [4.69, 9.17) is 23.5 Å². The molecule has 0 radical (unpaired) electrons. The maximum atomic E-state index is 12.7. The predicted molar refractivity (Wildman–Crippen MR) is 95.7 cm³/mol. The Balaban J connectivity index is 2.32. The Labute approximate surface area is 153 Å². The zero-order valence-electron chi connectivity index (χ0n) is 14.9. The molecule has 0 aliphatic carbocycles. The first-order chi connectivity index (χ1) is 12.4. The predicted octanol–water partition coefficient (Wildman–Crippen LogP) is 2.54. The van der Waals surface area contributed by atoms with Crippen LogP contribution in [0.3, 0.4) is 0 Å². The van der Waals surface area contributed by atoms with Gasteiger partial charge in [-0.1, -0.05) is 0 Å². The molecule has 0 atom stereocenters. The smallest absolute Gasteiger partial charge is 0.343 e. The first-order valence-electron chi connectivity index (χ1n) is 7.91. The largest absolute Gasteiger partial charge is 0.497 e. The number of aliphatic hydroxyl groups is 1. The van der Waals surface area contributed by atoms with Gasteiger partial charge in [0.1, 0.15) is 23.0 Å². The maximum absolute atomic E-state index is 12.7. The third kappa shape index (κ3) is 5.03. The van der Waals surface area contributed by atoms with E-state index in [9.17, 15) is 8.42 Å². The minimum absolute atomic E-state index is 0.0131. The minimum atomic E-state index is -4.15. The highest BCUT2D eigenvalue weighted by atomic mass is 32.2. The zero-order chi connectivity index (χ0) is 19.2. The molecule has 0 aliphatic rings. The summed E-state index contributed by atoms with van der Waals surface area (Å²) in [5.41, 5.74) is 0.773. The second kappa shape index (κ2) is 8.77. The molecule has 2 aromatic carbocycles. The van der Waals surface area contributed by atoms with Gasteiger partial charge in [0.25, 0.3) is 0 Å². The van der Waals surface area contributed by atoms with E-state index in [1.54, 1.807) is 25.1 Å². The number of aryl methyl sites for hydroxylation is 1. The molecular weight excluding hydrogens is 360 g/mol. The van der Waals surface area contributed by atoms with E-state index >= 15 is 0 Å². The van der Waals surface area contributed by atoms with Crippen LogP contribution < -0.4 is 18.4 Å². The van der Waals surface area contributed by atoms with Crippen LogP contribution in [0.1, 0.15) is 12.0 Å². The molecule has 0 spiro atoms. The van der Waals surface area contributed by atoms with E-state index in [1.807, 2.05) is 0 Å². The van der Waals surface area contributed by atoms with Gasteiger partial charge in [-0.3, -0.25) is 0 Å². The number of ether oxygens (including phenoxy) is 3. The lowest BCUT2D eigenvalue weighted by Crippen LogP contribution is -2.12. The van der Waals surface area contributed by atoms with Crippen LogP contribution in [0.15, 0.2) is 41.3 Å². The van der Waals surface area contributed by atoms with Crippen LogP contribution in [0.25, 0.3) is 0 Å². The number of benzene rings is 2. The summed E-state index contributed by atoms with van der Waals surface area (Å²) in [6, 6.07) is 9.25. The summed E-state index contributed by atoms with van der Waals surface area (Å²) in [4.78, 5) is -0.136. The normalized spacial score (nSPS) is 11.1. The number of hydrogen-bond acceptors (Lipinski definition) is 7. The van der Waals surface area contributed by atoms with Gasteiger partial charge in [0, 0.05) is 25.2 Å². The number of aliphatic hydroxyl groups excluding tert-OH is 1. The molecule has 0 amide bonds. The highest BCUT2D eigenvalue weighted by molar-refractivity contribution is 7.87. The van der Waals surface area contributed by atoms with E-state index in [0.717, 1.165) is 5.56 Å². The van der Waals surface area contributed by atoms with Crippen molar-refractivity contribution in [1.29, 1.82) is 0 Å². The molecule has 0 saturated heterocycles. The summed E-state index contributed by atoms with van der Waals surface area (Å²) in [7, 11) is -1.33. The van der Waals surface area contributed by atoms with Gasteiger partial charge in [-0.05, 0) is 36.8 Å². The van der Waals surface area contributed by atoms with Crippen LogP contribution in [0.5, 0.6) is 23.0 Å². The molecule has 7 nitrogen and oxygen atoms in total. The molecular formula is C18H22O7S. The topological polar surface area (TPSA) is 91.3 Å². The van der Waals surface area contributed by atoms with E-state index in [-0.39, 0.29) is 23.0 Å². The van der Waals surface area contributed by atoms with Crippen LogP contribution >= 0.6 is 0 Å². The van der Waals surface area contributed by atoms with E-state index in [1.165, 1.54) is 32.4 Å². The van der Waals surface area contributed by atoms with Gasteiger partial charge in [-0.15, -0.1) is 0 Å². The van der Waals surface area contributed by atoms with E-state index < -0.39 is 10.1 Å². The molecule has 2 rings (SSSR count). The van der Waals surface area contributed by atoms with Crippen molar-refractivity contribution in [3.05, 3.63) is 42.0 Å². The minimum Gasteiger partial charge on any atom is -0.497 e. The van der Waals surface area contributed by atoms with E-state index in [2.05, 4.69) is 0 Å². The van der Waals surface area contributed by atoms with Crippen LogP contribution in [-0.4, -0.2) is 41.0 Å². The van der Waals surface area contributed by atoms with Crippen molar-refractivity contribution in [2.24, 2.45) is 0 Å². The first-order valence-corrected chi connectivity index (χ1v) is 9.32. The highest BCUT2D eigenvalue weighted by Crippen LogP contribution is 2.32. The lowest BCUT2D eigenvalue weighted by Gasteiger charge is -2.13. The van der Waals surface area contributed by atoms with Gasteiger partial charge in [0.15, 0.2) is 4.90 Å². The second-order valence-electron chi connectivity index (χ2n) is 5.46. The van der Waals surface area contributed by atoms with Gasteiger partial charge in [-0.2, -0.15) is 8.42 Å². The fourth-order valence-corrected chi connectivity index (χ4v) is 3.35. The molecule has 0 bridgehead atoms. The Kier molecular flexibility index (Phi) is 6.70. The second-order valence-corrected chi connectivity index (χ2v) is 6.98. The maximum Gasteiger partial charge on any atom is 0.343 e. The van der Waals surface area contributed by atoms with Crippen LogP contribution in [0.2, 0.25) is 0 Å². The van der Waals surface area contributed by atoms with Crippen LogP contribution in [0, 0.1) is 6.92 Å². The third-order valence-electron chi connectivity index (χ3n) is 3.44. The molecule has 1 N–H and O–H groups in total. The molecule has 2 aromatic rings. The van der Waals surface area contributed by atoms with Crippen molar-refractivity contribution < 1.29 is 31.9 Å². The quantitative estimate of drug-likeness (QED) is 0.526. The van der Waals surface area contributed by atoms with Gasteiger partial charge < -0.3 is 23.5 Å². The molecule has 0 heterocycles. The Hall–Kier alpha value is -2.45. The van der Waals surface area contributed by atoms with Gasteiger partial charge in [0.2, 0.25) is 0 Å². The molecule has 0 fully saturated rings. The third-order valence-corrected chi connectivity index (χ3v) is 4.71. The Morgan fingerprint density at radius 1 is 0.962 bits per heavy atom.